The molecule has 0 bridgehead atoms. The Bertz CT molecular complexity index is 594. The van der Waals surface area contributed by atoms with E-state index < -0.39 is 0 Å². The van der Waals surface area contributed by atoms with Crippen LogP contribution in [0.1, 0.15) is 11.3 Å². The fourth-order valence-corrected chi connectivity index (χ4v) is 1.76. The van der Waals surface area contributed by atoms with Crippen molar-refractivity contribution in [2.45, 2.75) is 0 Å². The highest BCUT2D eigenvalue weighted by atomic mass is 16.5. The topological polar surface area (TPSA) is 35.2 Å². The lowest BCUT2D eigenvalue weighted by atomic mass is 10.1. The van der Waals surface area contributed by atoms with Crippen LogP contribution in [0.3, 0.4) is 0 Å². The van der Waals surface area contributed by atoms with Crippen LogP contribution < -0.4 is 14.2 Å². The van der Waals surface area contributed by atoms with Gasteiger partial charge in [0.05, 0.1) is 20.4 Å². The molecule has 0 unspecified atom stereocenters. The zero-order valence-corrected chi connectivity index (χ0v) is 11.3. The minimum absolute atomic E-state index is 0.802. The van der Waals surface area contributed by atoms with Crippen LogP contribution in [0.4, 0.5) is 0 Å². The van der Waals surface area contributed by atoms with Gasteiger partial charge in [0.15, 0.2) is 7.05 Å². The highest BCUT2D eigenvalue weighted by Crippen LogP contribution is 2.25. The summed E-state index contributed by atoms with van der Waals surface area (Å²) in [5.74, 6) is 1.61. The van der Waals surface area contributed by atoms with E-state index in [4.69, 9.17) is 9.47 Å². The molecule has 1 heterocycles. The van der Waals surface area contributed by atoms with Gasteiger partial charge in [0, 0.05) is 17.7 Å². The van der Waals surface area contributed by atoms with Gasteiger partial charge in [-0.3, -0.25) is 0 Å². The van der Waals surface area contributed by atoms with Crippen molar-refractivity contribution in [2.24, 2.45) is 7.05 Å². The quantitative estimate of drug-likeness (QED) is 0.787. The Morgan fingerprint density at radius 1 is 1.11 bits per heavy atom. The van der Waals surface area contributed by atoms with Gasteiger partial charge in [-0.25, -0.2) is 0 Å². The molecule has 1 aromatic heterocycles. The summed E-state index contributed by atoms with van der Waals surface area (Å²) in [4.78, 5) is 0. The van der Waals surface area contributed by atoms with Crippen LogP contribution in [-0.2, 0) is 7.05 Å². The SMILES string of the molecule is COc1ccc(OC)c(/C=C\c2cccn[n+]2C)c1. The monoisotopic (exact) mass is 257 g/mol. The van der Waals surface area contributed by atoms with Crippen molar-refractivity contribution in [3.8, 4) is 11.5 Å². The average Bonchev–Trinajstić information content (AvgIpc) is 2.46. The van der Waals surface area contributed by atoms with E-state index in [2.05, 4.69) is 5.10 Å². The lowest BCUT2D eigenvalue weighted by Crippen LogP contribution is -2.35. The molecule has 0 amide bonds. The van der Waals surface area contributed by atoms with E-state index >= 15 is 0 Å². The lowest BCUT2D eigenvalue weighted by Gasteiger charge is -2.06. The maximum absolute atomic E-state index is 5.33. The minimum atomic E-state index is 0.802. The zero-order chi connectivity index (χ0) is 13.7. The van der Waals surface area contributed by atoms with Crippen LogP contribution in [0.25, 0.3) is 12.2 Å². The first kappa shape index (κ1) is 13.1. The molecule has 0 aliphatic rings. The molecule has 0 saturated carbocycles. The summed E-state index contributed by atoms with van der Waals surface area (Å²) in [5.41, 5.74) is 1.97. The summed E-state index contributed by atoms with van der Waals surface area (Å²) in [5, 5.41) is 4.18. The second-order valence-corrected chi connectivity index (χ2v) is 4.01. The summed E-state index contributed by atoms with van der Waals surface area (Å²) < 4.78 is 12.4. The first-order chi connectivity index (χ1) is 9.24. The molecule has 4 nitrogen and oxygen atoms in total. The molecule has 0 N–H and O–H groups in total. The molecule has 98 valence electrons. The minimum Gasteiger partial charge on any atom is -0.497 e. The number of nitrogens with zero attached hydrogens (tertiary/aromatic N) is 2. The third kappa shape index (κ3) is 3.10. The van der Waals surface area contributed by atoms with Crippen LogP contribution >= 0.6 is 0 Å². The average molecular weight is 257 g/mol. The third-order valence-electron chi connectivity index (χ3n) is 2.84. The normalized spacial score (nSPS) is 10.7. The third-order valence-corrected chi connectivity index (χ3v) is 2.84. The van der Waals surface area contributed by atoms with Gasteiger partial charge >= 0.3 is 0 Å². The molecule has 2 rings (SSSR count). The molecule has 0 aliphatic carbocycles. The Kier molecular flexibility index (Phi) is 4.13. The van der Waals surface area contributed by atoms with Crippen molar-refractivity contribution in [1.82, 2.24) is 5.10 Å². The van der Waals surface area contributed by atoms with Crippen molar-refractivity contribution in [3.63, 3.8) is 0 Å². The Balaban J connectivity index is 2.34. The molecular formula is C15H17N2O2+. The molecular weight excluding hydrogens is 240 g/mol. The zero-order valence-electron chi connectivity index (χ0n) is 11.3. The predicted octanol–water partition coefficient (Wildman–Crippen LogP) is 2.09. The van der Waals surface area contributed by atoms with E-state index in [1.807, 2.05) is 54.2 Å². The molecule has 1 aromatic carbocycles. The van der Waals surface area contributed by atoms with Crippen molar-refractivity contribution < 1.29 is 14.2 Å². The Labute approximate surface area is 112 Å². The van der Waals surface area contributed by atoms with Gasteiger partial charge in [-0.15, -0.1) is 0 Å². The van der Waals surface area contributed by atoms with Gasteiger partial charge in [-0.1, -0.05) is 4.68 Å². The maximum Gasteiger partial charge on any atom is 0.231 e. The summed E-state index contributed by atoms with van der Waals surface area (Å²) >= 11 is 0. The fourth-order valence-electron chi connectivity index (χ4n) is 1.76. The Morgan fingerprint density at radius 3 is 2.63 bits per heavy atom. The van der Waals surface area contributed by atoms with E-state index in [0.717, 1.165) is 22.8 Å². The molecule has 4 heteroatoms. The standard InChI is InChI=1S/C15H17N2O2/c1-17-13(5-4-10-16-17)7-6-12-11-14(18-2)8-9-15(12)19-3/h4-11H,1-3H3/q+1/b7-6-. The summed E-state index contributed by atoms with van der Waals surface area (Å²) in [6.07, 6.45) is 5.73. The van der Waals surface area contributed by atoms with Crippen LogP contribution in [0.5, 0.6) is 11.5 Å². The second-order valence-electron chi connectivity index (χ2n) is 4.01. The van der Waals surface area contributed by atoms with Crippen LogP contribution in [-0.4, -0.2) is 19.3 Å². The number of aromatic nitrogens is 2. The molecule has 0 atom stereocenters. The summed E-state index contributed by atoms with van der Waals surface area (Å²) in [7, 11) is 5.21. The molecule has 0 aliphatic heterocycles. The molecule has 0 radical (unpaired) electrons. The van der Waals surface area contributed by atoms with Gasteiger partial charge < -0.3 is 9.47 Å². The fraction of sp³-hybridized carbons (Fsp3) is 0.200. The smallest absolute Gasteiger partial charge is 0.231 e. The predicted molar refractivity (Wildman–Crippen MR) is 73.9 cm³/mol. The van der Waals surface area contributed by atoms with Crippen molar-refractivity contribution in [1.29, 1.82) is 0 Å². The van der Waals surface area contributed by atoms with Gasteiger partial charge in [-0.05, 0) is 35.4 Å². The van der Waals surface area contributed by atoms with Gasteiger partial charge in [0.1, 0.15) is 11.5 Å². The van der Waals surface area contributed by atoms with Crippen LogP contribution in [0.2, 0.25) is 0 Å². The molecule has 0 saturated heterocycles. The highest BCUT2D eigenvalue weighted by Gasteiger charge is 2.04. The van der Waals surface area contributed by atoms with Gasteiger partial charge in [0.25, 0.3) is 0 Å². The Morgan fingerprint density at radius 2 is 1.95 bits per heavy atom. The van der Waals surface area contributed by atoms with Crippen molar-refractivity contribution >= 4 is 12.2 Å². The number of aryl methyl sites for hydroxylation is 1. The molecule has 2 aromatic rings. The molecule has 0 fully saturated rings. The van der Waals surface area contributed by atoms with E-state index in [1.165, 1.54) is 0 Å². The first-order valence-corrected chi connectivity index (χ1v) is 5.96. The van der Waals surface area contributed by atoms with E-state index in [-0.39, 0.29) is 0 Å². The van der Waals surface area contributed by atoms with Crippen LogP contribution in [0, 0.1) is 0 Å². The first-order valence-electron chi connectivity index (χ1n) is 5.96. The van der Waals surface area contributed by atoms with Crippen LogP contribution in [0.15, 0.2) is 36.5 Å². The summed E-state index contributed by atoms with van der Waals surface area (Å²) in [6, 6.07) is 9.60. The van der Waals surface area contributed by atoms with Gasteiger partial charge in [-0.2, -0.15) is 0 Å². The Hall–Kier alpha value is -2.36. The van der Waals surface area contributed by atoms with E-state index in [0.29, 0.717) is 0 Å². The summed E-state index contributed by atoms with van der Waals surface area (Å²) in [6.45, 7) is 0. The molecule has 19 heavy (non-hydrogen) atoms. The largest absolute Gasteiger partial charge is 0.497 e. The maximum atomic E-state index is 5.33. The number of ether oxygens (including phenoxy) is 2. The number of rotatable bonds is 4. The van der Waals surface area contributed by atoms with Crippen molar-refractivity contribution in [3.05, 3.63) is 47.8 Å². The van der Waals surface area contributed by atoms with E-state index in [1.54, 1.807) is 20.4 Å². The lowest BCUT2D eigenvalue weighted by molar-refractivity contribution is -0.732. The number of methoxy groups -OCH3 is 2. The van der Waals surface area contributed by atoms with Crippen molar-refractivity contribution in [2.75, 3.05) is 14.2 Å². The molecule has 0 spiro atoms. The van der Waals surface area contributed by atoms with Gasteiger partial charge in [0.2, 0.25) is 5.69 Å². The number of hydrogen-bond donors (Lipinski definition) is 0. The number of hydrogen-bond acceptors (Lipinski definition) is 3. The number of benzene rings is 1. The second kappa shape index (κ2) is 6.00. The van der Waals surface area contributed by atoms with E-state index in [9.17, 15) is 0 Å². The highest BCUT2D eigenvalue weighted by molar-refractivity contribution is 5.71.